The number of carboxylic acids is 1. The highest BCUT2D eigenvalue weighted by atomic mass is 19.1. The number of aliphatic hydroxyl groups is 1. The van der Waals surface area contributed by atoms with Crippen molar-refractivity contribution in [3.8, 4) is 5.75 Å². The Hall–Kier alpha value is -2.85. The van der Waals surface area contributed by atoms with Crippen LogP contribution in [0.5, 0.6) is 5.75 Å². The second-order valence-corrected chi connectivity index (χ2v) is 8.63. The van der Waals surface area contributed by atoms with E-state index in [1.54, 1.807) is 19.4 Å². The highest BCUT2D eigenvalue weighted by Crippen LogP contribution is 2.38. The summed E-state index contributed by atoms with van der Waals surface area (Å²) in [6.07, 6.45) is 3.16. The van der Waals surface area contributed by atoms with Crippen molar-refractivity contribution < 1.29 is 28.5 Å². The lowest BCUT2D eigenvalue weighted by Gasteiger charge is -2.35. The van der Waals surface area contributed by atoms with Gasteiger partial charge < -0.3 is 19.8 Å². The Kier molecular flexibility index (Phi) is 6.52. The van der Waals surface area contributed by atoms with Gasteiger partial charge in [0.15, 0.2) is 11.6 Å². The van der Waals surface area contributed by atoms with E-state index in [1.165, 1.54) is 4.90 Å². The van der Waals surface area contributed by atoms with E-state index in [0.717, 1.165) is 36.9 Å². The number of rotatable bonds is 7. The Labute approximate surface area is 184 Å². The van der Waals surface area contributed by atoms with Crippen LogP contribution in [0.1, 0.15) is 18.4 Å². The number of benzene rings is 1. The Morgan fingerprint density at radius 2 is 1.91 bits per heavy atom. The largest absolute Gasteiger partial charge is 0.485 e. The second-order valence-electron chi connectivity index (χ2n) is 8.63. The van der Waals surface area contributed by atoms with E-state index in [0.29, 0.717) is 31.3 Å². The van der Waals surface area contributed by atoms with Crippen LogP contribution in [0.15, 0.2) is 30.6 Å². The number of carbonyl (C=O) groups is 1. The predicted molar refractivity (Wildman–Crippen MR) is 111 cm³/mol. The highest BCUT2D eigenvalue weighted by Gasteiger charge is 2.42. The molecule has 2 N–H and O–H groups in total. The quantitative estimate of drug-likeness (QED) is 0.663. The normalized spacial score (nSPS) is 25.4. The lowest BCUT2D eigenvalue weighted by atomic mass is 9.78. The average molecular weight is 448 g/mol. The maximum atomic E-state index is 13.9. The molecule has 2 heterocycles. The number of likely N-dealkylation sites (N-methyl/N-ethyl adjacent to an activating group) is 1. The fourth-order valence-corrected chi connectivity index (χ4v) is 4.63. The van der Waals surface area contributed by atoms with Crippen molar-refractivity contribution in [3.63, 3.8) is 0 Å². The van der Waals surface area contributed by atoms with E-state index in [1.807, 2.05) is 0 Å². The van der Waals surface area contributed by atoms with Crippen LogP contribution >= 0.6 is 0 Å². The van der Waals surface area contributed by atoms with Crippen LogP contribution in [-0.4, -0.2) is 69.9 Å². The van der Waals surface area contributed by atoms with E-state index in [-0.39, 0.29) is 18.2 Å². The SMILES string of the molecule is CN(CC(=O)O)c1ncc(CN2C[C@H]3C[C@@H](Oc4cc(F)ccc4F)[C@H](O)C[C@H]3C2)cn1. The first-order valence-electron chi connectivity index (χ1n) is 10.5. The van der Waals surface area contributed by atoms with E-state index in [9.17, 15) is 18.7 Å². The third kappa shape index (κ3) is 5.13. The Morgan fingerprint density at radius 1 is 1.22 bits per heavy atom. The number of hydrogen-bond donors (Lipinski definition) is 2. The van der Waals surface area contributed by atoms with Crippen molar-refractivity contribution in [3.05, 3.63) is 47.8 Å². The van der Waals surface area contributed by atoms with Crippen LogP contribution in [0.4, 0.5) is 14.7 Å². The average Bonchev–Trinajstić information content (AvgIpc) is 3.11. The molecule has 2 fully saturated rings. The smallest absolute Gasteiger partial charge is 0.323 e. The van der Waals surface area contributed by atoms with Crippen molar-refractivity contribution in [1.29, 1.82) is 0 Å². The maximum Gasteiger partial charge on any atom is 0.323 e. The number of likely N-dealkylation sites (tertiary alicyclic amines) is 1. The number of aliphatic carboxylic acids is 1. The first-order chi connectivity index (χ1) is 15.3. The van der Waals surface area contributed by atoms with Gasteiger partial charge in [-0.15, -0.1) is 0 Å². The van der Waals surface area contributed by atoms with Gasteiger partial charge in [0.25, 0.3) is 0 Å². The molecule has 1 saturated heterocycles. The standard InChI is InChI=1S/C22H26F2N4O4/c1-27(12-21(30)31)22-25-7-13(8-26-22)9-28-10-14-4-18(29)20(5-15(14)11-28)32-19-6-16(23)2-3-17(19)24/h2-3,6-8,14-15,18,20,29H,4-5,9-12H2,1H3,(H,30,31)/t14-,15+,18+,20+/m0/s1. The second kappa shape index (κ2) is 9.33. The minimum absolute atomic E-state index is 0.174. The molecular weight excluding hydrogens is 422 g/mol. The summed E-state index contributed by atoms with van der Waals surface area (Å²) in [5.41, 5.74) is 0.909. The molecule has 0 radical (unpaired) electrons. The van der Waals surface area contributed by atoms with Crippen LogP contribution in [0.25, 0.3) is 0 Å². The number of halogens is 2. The summed E-state index contributed by atoms with van der Waals surface area (Å²) in [5.74, 6) is -1.44. The number of aromatic nitrogens is 2. The van der Waals surface area contributed by atoms with Crippen LogP contribution in [0, 0.1) is 23.5 Å². The molecule has 1 aromatic carbocycles. The zero-order valence-electron chi connectivity index (χ0n) is 17.7. The maximum absolute atomic E-state index is 13.9. The molecule has 0 spiro atoms. The first kappa shape index (κ1) is 22.3. The molecule has 4 atom stereocenters. The molecule has 172 valence electrons. The van der Waals surface area contributed by atoms with Gasteiger partial charge in [0.1, 0.15) is 18.5 Å². The summed E-state index contributed by atoms with van der Waals surface area (Å²) in [5, 5.41) is 19.4. The molecule has 8 nitrogen and oxygen atoms in total. The van der Waals surface area contributed by atoms with Crippen molar-refractivity contribution in [2.45, 2.75) is 31.6 Å². The van der Waals surface area contributed by atoms with Gasteiger partial charge in [0, 0.05) is 50.7 Å². The molecule has 1 aliphatic heterocycles. The minimum atomic E-state index is -0.954. The van der Waals surface area contributed by atoms with Gasteiger partial charge in [0.2, 0.25) is 5.95 Å². The summed E-state index contributed by atoms with van der Waals surface area (Å²) in [6.45, 7) is 2.06. The fraction of sp³-hybridized carbons (Fsp3) is 0.500. The molecule has 4 rings (SSSR count). The molecule has 0 amide bonds. The fourth-order valence-electron chi connectivity index (χ4n) is 4.63. The topological polar surface area (TPSA) is 99.0 Å². The predicted octanol–water partition coefficient (Wildman–Crippen LogP) is 1.93. The van der Waals surface area contributed by atoms with Crippen LogP contribution in [-0.2, 0) is 11.3 Å². The molecule has 32 heavy (non-hydrogen) atoms. The van der Waals surface area contributed by atoms with Gasteiger partial charge in [-0.3, -0.25) is 9.69 Å². The number of anilines is 1. The minimum Gasteiger partial charge on any atom is -0.485 e. The van der Waals surface area contributed by atoms with Gasteiger partial charge in [0.05, 0.1) is 6.10 Å². The third-order valence-electron chi connectivity index (χ3n) is 6.14. The van der Waals surface area contributed by atoms with Gasteiger partial charge in [-0.2, -0.15) is 0 Å². The summed E-state index contributed by atoms with van der Waals surface area (Å²) in [4.78, 5) is 23.0. The van der Waals surface area contributed by atoms with Crippen LogP contribution < -0.4 is 9.64 Å². The number of nitrogens with zero attached hydrogens (tertiary/aromatic N) is 4. The van der Waals surface area contributed by atoms with E-state index < -0.39 is 29.8 Å². The van der Waals surface area contributed by atoms with Crippen LogP contribution in [0.2, 0.25) is 0 Å². The van der Waals surface area contributed by atoms with Crippen molar-refractivity contribution in [2.75, 3.05) is 31.6 Å². The Bertz CT molecular complexity index is 961. The molecule has 1 saturated carbocycles. The van der Waals surface area contributed by atoms with Crippen LogP contribution in [0.3, 0.4) is 0 Å². The molecule has 1 aliphatic carbocycles. The lowest BCUT2D eigenvalue weighted by molar-refractivity contribution is -0.135. The highest BCUT2D eigenvalue weighted by molar-refractivity contribution is 5.72. The zero-order valence-corrected chi connectivity index (χ0v) is 17.7. The molecular formula is C22H26F2N4O4. The summed E-state index contributed by atoms with van der Waals surface area (Å²) >= 11 is 0. The number of carboxylic acid groups (broad SMARTS) is 1. The number of fused-ring (bicyclic) bond motifs is 1. The lowest BCUT2D eigenvalue weighted by Crippen LogP contribution is -2.42. The Morgan fingerprint density at radius 3 is 2.59 bits per heavy atom. The van der Waals surface area contributed by atoms with E-state index in [4.69, 9.17) is 9.84 Å². The monoisotopic (exact) mass is 448 g/mol. The third-order valence-corrected chi connectivity index (χ3v) is 6.14. The van der Waals surface area contributed by atoms with E-state index in [2.05, 4.69) is 14.9 Å². The van der Waals surface area contributed by atoms with Gasteiger partial charge in [-0.1, -0.05) is 0 Å². The summed E-state index contributed by atoms with van der Waals surface area (Å²) < 4.78 is 33.0. The molecule has 2 aliphatic rings. The van der Waals surface area contributed by atoms with Crippen molar-refractivity contribution >= 4 is 11.9 Å². The molecule has 1 aromatic heterocycles. The Balaban J connectivity index is 1.34. The van der Waals surface area contributed by atoms with E-state index >= 15 is 0 Å². The molecule has 0 unspecified atom stereocenters. The molecule has 0 bridgehead atoms. The van der Waals surface area contributed by atoms with Crippen molar-refractivity contribution in [2.24, 2.45) is 11.8 Å². The molecule has 10 heteroatoms. The summed E-state index contributed by atoms with van der Waals surface area (Å²) in [6, 6.07) is 3.06. The van der Waals surface area contributed by atoms with Crippen molar-refractivity contribution in [1.82, 2.24) is 14.9 Å². The first-order valence-corrected chi connectivity index (χ1v) is 10.5. The summed E-state index contributed by atoms with van der Waals surface area (Å²) in [7, 11) is 1.62. The number of hydrogen-bond acceptors (Lipinski definition) is 7. The van der Waals surface area contributed by atoms with Gasteiger partial charge >= 0.3 is 5.97 Å². The number of aliphatic hydroxyl groups excluding tert-OH is 1. The zero-order chi connectivity index (χ0) is 22.8. The van der Waals surface area contributed by atoms with Gasteiger partial charge in [-0.05, 0) is 36.8 Å². The molecule has 2 aromatic rings. The number of ether oxygens (including phenoxy) is 1. The van der Waals surface area contributed by atoms with Gasteiger partial charge in [-0.25, -0.2) is 18.7 Å².